The second-order valence-electron chi connectivity index (χ2n) is 3.35. The van der Waals surface area contributed by atoms with Gasteiger partial charge in [-0.1, -0.05) is 23.2 Å². The normalized spacial score (nSPS) is 13.4. The largest absolute Gasteiger partial charge is 0.454 e. The summed E-state index contributed by atoms with van der Waals surface area (Å²) in [6.07, 6.45) is 0. The fourth-order valence-electron chi connectivity index (χ4n) is 1.60. The molecule has 1 aliphatic rings. The van der Waals surface area contributed by atoms with Gasteiger partial charge in [-0.25, -0.2) is 4.98 Å². The van der Waals surface area contributed by atoms with Crippen LogP contribution in [0.15, 0.2) is 12.1 Å². The van der Waals surface area contributed by atoms with Crippen LogP contribution >= 0.6 is 23.2 Å². The first-order chi connectivity index (χ1) is 7.66. The molecule has 2 heterocycles. The first-order valence-electron chi connectivity index (χ1n) is 4.50. The number of nitrogen functional groups attached to an aromatic ring is 1. The highest BCUT2D eigenvalue weighted by atomic mass is 35.5. The summed E-state index contributed by atoms with van der Waals surface area (Å²) >= 11 is 11.9. The standard InChI is InChI=1S/C10H6Cl2N2O2/c11-8-4-1-6-7(16-3-15-6)2-5(4)14-10(12)9(8)13/h1-2H,3,13H2. The Hall–Kier alpha value is -1.39. The fourth-order valence-corrected chi connectivity index (χ4v) is 2.08. The number of anilines is 1. The molecule has 0 aliphatic carbocycles. The van der Waals surface area contributed by atoms with E-state index in [9.17, 15) is 0 Å². The molecule has 0 spiro atoms. The Morgan fingerprint density at radius 2 is 1.88 bits per heavy atom. The Balaban J connectivity index is 2.40. The van der Waals surface area contributed by atoms with Crippen molar-refractivity contribution in [1.82, 2.24) is 4.98 Å². The minimum atomic E-state index is 0.191. The molecule has 3 rings (SSSR count). The van der Waals surface area contributed by atoms with Gasteiger partial charge in [-0.3, -0.25) is 0 Å². The molecular weight excluding hydrogens is 251 g/mol. The van der Waals surface area contributed by atoms with Crippen molar-refractivity contribution in [3.8, 4) is 11.5 Å². The van der Waals surface area contributed by atoms with E-state index in [4.69, 9.17) is 38.4 Å². The van der Waals surface area contributed by atoms with E-state index >= 15 is 0 Å². The third kappa shape index (κ3) is 1.27. The van der Waals surface area contributed by atoms with E-state index in [0.29, 0.717) is 27.4 Å². The van der Waals surface area contributed by atoms with Gasteiger partial charge in [0.15, 0.2) is 16.7 Å². The van der Waals surface area contributed by atoms with Crippen LogP contribution < -0.4 is 15.2 Å². The Bertz CT molecular complexity index is 601. The zero-order valence-electron chi connectivity index (χ0n) is 7.96. The lowest BCUT2D eigenvalue weighted by Crippen LogP contribution is -1.92. The first-order valence-corrected chi connectivity index (χ1v) is 5.26. The molecule has 0 fully saturated rings. The molecule has 82 valence electrons. The number of benzene rings is 1. The van der Waals surface area contributed by atoms with Crippen LogP contribution in [-0.2, 0) is 0 Å². The number of nitrogens with zero attached hydrogens (tertiary/aromatic N) is 1. The summed E-state index contributed by atoms with van der Waals surface area (Å²) < 4.78 is 10.5. The van der Waals surface area contributed by atoms with Crippen molar-refractivity contribution in [2.75, 3.05) is 12.5 Å². The van der Waals surface area contributed by atoms with Crippen molar-refractivity contribution in [2.45, 2.75) is 0 Å². The molecule has 2 N–H and O–H groups in total. The lowest BCUT2D eigenvalue weighted by Gasteiger charge is -2.06. The van der Waals surface area contributed by atoms with Gasteiger partial charge in [-0.05, 0) is 6.07 Å². The van der Waals surface area contributed by atoms with Crippen LogP contribution in [0.4, 0.5) is 5.69 Å². The van der Waals surface area contributed by atoms with E-state index in [0.717, 1.165) is 0 Å². The summed E-state index contributed by atoms with van der Waals surface area (Å²) in [5, 5.41) is 1.28. The summed E-state index contributed by atoms with van der Waals surface area (Å²) in [6, 6.07) is 3.48. The van der Waals surface area contributed by atoms with E-state index in [1.54, 1.807) is 12.1 Å². The van der Waals surface area contributed by atoms with E-state index in [2.05, 4.69) is 4.98 Å². The molecule has 0 saturated heterocycles. The van der Waals surface area contributed by atoms with Crippen molar-refractivity contribution in [2.24, 2.45) is 0 Å². The molecular formula is C10H6Cl2N2O2. The maximum Gasteiger partial charge on any atom is 0.231 e. The molecule has 0 saturated carbocycles. The quantitative estimate of drug-likeness (QED) is 0.737. The van der Waals surface area contributed by atoms with Gasteiger partial charge in [-0.2, -0.15) is 0 Å². The topological polar surface area (TPSA) is 57.4 Å². The molecule has 0 unspecified atom stereocenters. The minimum absolute atomic E-state index is 0.191. The average molecular weight is 257 g/mol. The summed E-state index contributed by atoms with van der Waals surface area (Å²) in [6.45, 7) is 0.201. The summed E-state index contributed by atoms with van der Waals surface area (Å²) in [7, 11) is 0. The summed E-state index contributed by atoms with van der Waals surface area (Å²) in [5.74, 6) is 1.27. The fraction of sp³-hybridized carbons (Fsp3) is 0.100. The minimum Gasteiger partial charge on any atom is -0.454 e. The van der Waals surface area contributed by atoms with Crippen LogP contribution in [0.25, 0.3) is 10.9 Å². The van der Waals surface area contributed by atoms with Gasteiger partial charge in [0.1, 0.15) is 0 Å². The van der Waals surface area contributed by atoms with Crippen molar-refractivity contribution >= 4 is 39.8 Å². The smallest absolute Gasteiger partial charge is 0.231 e. The van der Waals surface area contributed by atoms with Gasteiger partial charge >= 0.3 is 0 Å². The Labute approximate surface area is 101 Å². The molecule has 4 nitrogen and oxygen atoms in total. The molecule has 0 atom stereocenters. The number of halogens is 2. The van der Waals surface area contributed by atoms with Crippen LogP contribution in [0.3, 0.4) is 0 Å². The van der Waals surface area contributed by atoms with Crippen LogP contribution in [0.2, 0.25) is 10.2 Å². The third-order valence-corrected chi connectivity index (χ3v) is 3.10. The van der Waals surface area contributed by atoms with Gasteiger partial charge < -0.3 is 15.2 Å². The third-order valence-electron chi connectivity index (χ3n) is 2.40. The average Bonchev–Trinajstić information content (AvgIpc) is 2.71. The molecule has 1 aliphatic heterocycles. The Morgan fingerprint density at radius 3 is 2.62 bits per heavy atom. The molecule has 0 bridgehead atoms. The lowest BCUT2D eigenvalue weighted by atomic mass is 10.2. The molecule has 6 heteroatoms. The Morgan fingerprint density at radius 1 is 1.19 bits per heavy atom. The highest BCUT2D eigenvalue weighted by molar-refractivity contribution is 6.41. The number of nitrogens with two attached hydrogens (primary N) is 1. The van der Waals surface area contributed by atoms with Gasteiger partial charge in [0.05, 0.1) is 16.2 Å². The van der Waals surface area contributed by atoms with Gasteiger partial charge in [0.25, 0.3) is 0 Å². The number of pyridine rings is 1. The number of rotatable bonds is 0. The van der Waals surface area contributed by atoms with Gasteiger partial charge in [0.2, 0.25) is 6.79 Å². The van der Waals surface area contributed by atoms with E-state index in [-0.39, 0.29) is 17.6 Å². The number of hydrogen-bond donors (Lipinski definition) is 1. The molecule has 16 heavy (non-hydrogen) atoms. The number of ether oxygens (including phenoxy) is 2. The van der Waals surface area contributed by atoms with Crippen LogP contribution in [0.5, 0.6) is 11.5 Å². The van der Waals surface area contributed by atoms with E-state index in [1.165, 1.54) is 0 Å². The summed E-state index contributed by atoms with van der Waals surface area (Å²) in [4.78, 5) is 4.13. The second-order valence-corrected chi connectivity index (χ2v) is 4.09. The lowest BCUT2D eigenvalue weighted by molar-refractivity contribution is 0.174. The number of hydrogen-bond acceptors (Lipinski definition) is 4. The molecule has 1 aromatic heterocycles. The monoisotopic (exact) mass is 256 g/mol. The second kappa shape index (κ2) is 3.30. The first kappa shape index (κ1) is 9.81. The summed E-state index contributed by atoms with van der Waals surface area (Å²) in [5.41, 5.74) is 6.60. The predicted octanol–water partition coefficient (Wildman–Crippen LogP) is 2.85. The van der Waals surface area contributed by atoms with Crippen LogP contribution in [-0.4, -0.2) is 11.8 Å². The van der Waals surface area contributed by atoms with Crippen molar-refractivity contribution in [3.63, 3.8) is 0 Å². The van der Waals surface area contributed by atoms with Crippen LogP contribution in [0.1, 0.15) is 0 Å². The Kier molecular flexibility index (Phi) is 2.02. The number of fused-ring (bicyclic) bond motifs is 2. The highest BCUT2D eigenvalue weighted by Gasteiger charge is 2.18. The maximum absolute atomic E-state index is 6.09. The van der Waals surface area contributed by atoms with Gasteiger partial charge in [-0.15, -0.1) is 0 Å². The SMILES string of the molecule is Nc1c(Cl)nc2cc3c(cc2c1Cl)OCO3. The number of aromatic nitrogens is 1. The van der Waals surface area contributed by atoms with E-state index < -0.39 is 0 Å². The van der Waals surface area contributed by atoms with Crippen molar-refractivity contribution < 1.29 is 9.47 Å². The maximum atomic E-state index is 6.09. The molecule has 1 aromatic carbocycles. The molecule has 0 radical (unpaired) electrons. The van der Waals surface area contributed by atoms with E-state index in [1.807, 2.05) is 0 Å². The van der Waals surface area contributed by atoms with Crippen LogP contribution in [0, 0.1) is 0 Å². The highest BCUT2D eigenvalue weighted by Crippen LogP contribution is 2.40. The zero-order chi connectivity index (χ0) is 11.3. The van der Waals surface area contributed by atoms with Gasteiger partial charge in [0, 0.05) is 11.5 Å². The van der Waals surface area contributed by atoms with Crippen molar-refractivity contribution in [1.29, 1.82) is 0 Å². The zero-order valence-corrected chi connectivity index (χ0v) is 9.47. The van der Waals surface area contributed by atoms with Crippen molar-refractivity contribution in [3.05, 3.63) is 22.3 Å². The molecule has 2 aromatic rings. The predicted molar refractivity (Wildman–Crippen MR) is 62.3 cm³/mol. The molecule has 0 amide bonds.